The number of carbonyl (C=O) groups excluding carboxylic acids is 2. The summed E-state index contributed by atoms with van der Waals surface area (Å²) < 4.78 is 7.28. The summed E-state index contributed by atoms with van der Waals surface area (Å²) in [6.07, 6.45) is -2.04. The molecule has 7 nitrogen and oxygen atoms in total. The SMILES string of the molecule is O=C(O)CC(O)(CC(=O)OCl)C(=O)OCl. The number of aliphatic carboxylic acids is 1. The van der Waals surface area contributed by atoms with Crippen LogP contribution >= 0.6 is 23.7 Å². The molecule has 0 heterocycles. The maximum absolute atomic E-state index is 10.9. The van der Waals surface area contributed by atoms with E-state index in [1.54, 1.807) is 0 Å². The van der Waals surface area contributed by atoms with Crippen LogP contribution in [0.5, 0.6) is 0 Å². The molecule has 0 aromatic carbocycles. The summed E-state index contributed by atoms with van der Waals surface area (Å²) in [5, 5.41) is 17.8. The van der Waals surface area contributed by atoms with Crippen LogP contribution in [-0.2, 0) is 23.0 Å². The molecule has 15 heavy (non-hydrogen) atoms. The minimum Gasteiger partial charge on any atom is -0.481 e. The Labute approximate surface area is 93.8 Å². The number of aliphatic hydroxyl groups is 1. The van der Waals surface area contributed by atoms with E-state index in [2.05, 4.69) is 32.3 Å². The average Bonchev–Trinajstić information content (AvgIpc) is 2.14. The van der Waals surface area contributed by atoms with Gasteiger partial charge in [0.1, 0.15) is 23.7 Å². The second-order valence-corrected chi connectivity index (χ2v) is 2.90. The van der Waals surface area contributed by atoms with Crippen molar-refractivity contribution < 1.29 is 33.2 Å². The van der Waals surface area contributed by atoms with E-state index in [0.29, 0.717) is 0 Å². The molecule has 0 radical (unpaired) electrons. The summed E-state index contributed by atoms with van der Waals surface area (Å²) in [4.78, 5) is 31.9. The van der Waals surface area contributed by atoms with Crippen molar-refractivity contribution in [1.82, 2.24) is 0 Å². The van der Waals surface area contributed by atoms with Gasteiger partial charge in [-0.05, 0) is 0 Å². The van der Waals surface area contributed by atoms with Crippen molar-refractivity contribution in [3.8, 4) is 0 Å². The largest absolute Gasteiger partial charge is 0.481 e. The fraction of sp³-hybridized carbons (Fsp3) is 0.500. The zero-order valence-electron chi connectivity index (χ0n) is 7.11. The van der Waals surface area contributed by atoms with E-state index < -0.39 is 36.4 Å². The van der Waals surface area contributed by atoms with Gasteiger partial charge in [0.25, 0.3) is 0 Å². The molecule has 1 unspecified atom stereocenters. The van der Waals surface area contributed by atoms with E-state index in [1.165, 1.54) is 0 Å². The van der Waals surface area contributed by atoms with Crippen LogP contribution in [0.4, 0.5) is 0 Å². The van der Waals surface area contributed by atoms with E-state index in [-0.39, 0.29) is 0 Å². The monoisotopic (exact) mass is 260 g/mol. The first-order valence-electron chi connectivity index (χ1n) is 3.44. The van der Waals surface area contributed by atoms with Gasteiger partial charge in [0.2, 0.25) is 0 Å². The summed E-state index contributed by atoms with van der Waals surface area (Å²) in [6.45, 7) is 0. The summed E-state index contributed by atoms with van der Waals surface area (Å²) in [6, 6.07) is 0. The normalized spacial score (nSPS) is 13.8. The van der Waals surface area contributed by atoms with E-state index in [4.69, 9.17) is 5.11 Å². The van der Waals surface area contributed by atoms with Crippen LogP contribution in [-0.4, -0.2) is 33.7 Å². The van der Waals surface area contributed by atoms with Gasteiger partial charge < -0.3 is 18.8 Å². The maximum atomic E-state index is 10.9. The maximum Gasteiger partial charge on any atom is 0.357 e. The minimum atomic E-state index is -2.60. The number of hydrogen-bond donors (Lipinski definition) is 2. The highest BCUT2D eigenvalue weighted by molar-refractivity contribution is 6.15. The van der Waals surface area contributed by atoms with E-state index in [9.17, 15) is 19.5 Å². The van der Waals surface area contributed by atoms with E-state index in [0.717, 1.165) is 0 Å². The number of carbonyl (C=O) groups is 3. The fourth-order valence-corrected chi connectivity index (χ4v) is 0.993. The van der Waals surface area contributed by atoms with Gasteiger partial charge in [0, 0.05) is 0 Å². The number of hydrogen-bond acceptors (Lipinski definition) is 6. The molecule has 0 aliphatic rings. The van der Waals surface area contributed by atoms with Crippen molar-refractivity contribution in [2.24, 2.45) is 0 Å². The third-order valence-corrected chi connectivity index (χ3v) is 1.73. The van der Waals surface area contributed by atoms with Crippen LogP contribution in [0, 0.1) is 0 Å². The van der Waals surface area contributed by atoms with Gasteiger partial charge >= 0.3 is 17.9 Å². The topological polar surface area (TPSA) is 110 Å². The fourth-order valence-electron chi connectivity index (χ4n) is 0.795. The number of rotatable bonds is 5. The molecular weight excluding hydrogens is 255 g/mol. The minimum absolute atomic E-state index is 0.978. The van der Waals surface area contributed by atoms with Crippen LogP contribution in [0.15, 0.2) is 0 Å². The predicted octanol–water partition coefficient (Wildman–Crippen LogP) is -0.0237. The molecule has 0 aliphatic heterocycles. The molecule has 1 atom stereocenters. The molecule has 0 amide bonds. The molecule has 0 bridgehead atoms. The molecule has 9 heteroatoms. The predicted molar refractivity (Wildman–Crippen MR) is 45.7 cm³/mol. The highest BCUT2D eigenvalue weighted by Crippen LogP contribution is 2.19. The average molecular weight is 261 g/mol. The Balaban J connectivity index is 4.76. The highest BCUT2D eigenvalue weighted by atomic mass is 35.5. The van der Waals surface area contributed by atoms with Gasteiger partial charge in [-0.15, -0.1) is 0 Å². The molecule has 0 aliphatic carbocycles. The van der Waals surface area contributed by atoms with Gasteiger partial charge in [-0.2, -0.15) is 0 Å². The van der Waals surface area contributed by atoms with Gasteiger partial charge in [-0.3, -0.25) is 9.59 Å². The molecule has 0 saturated carbocycles. The van der Waals surface area contributed by atoms with E-state index in [1.807, 2.05) is 0 Å². The van der Waals surface area contributed by atoms with Crippen LogP contribution < -0.4 is 0 Å². The second kappa shape index (κ2) is 5.74. The Morgan fingerprint density at radius 2 is 1.67 bits per heavy atom. The molecule has 0 aromatic heterocycles. The summed E-state index contributed by atoms with van der Waals surface area (Å²) in [7, 11) is 0. The van der Waals surface area contributed by atoms with Crippen molar-refractivity contribution in [1.29, 1.82) is 0 Å². The molecule has 0 saturated heterocycles. The number of carboxylic acid groups (broad SMARTS) is 1. The second-order valence-electron chi connectivity index (χ2n) is 2.59. The third-order valence-electron chi connectivity index (χ3n) is 1.42. The Hall–Kier alpha value is -1.05. The number of carboxylic acids is 1. The van der Waals surface area contributed by atoms with Crippen LogP contribution in [0.1, 0.15) is 12.8 Å². The summed E-state index contributed by atoms with van der Waals surface area (Å²) >= 11 is 9.31. The van der Waals surface area contributed by atoms with E-state index >= 15 is 0 Å². The Morgan fingerprint density at radius 1 is 1.13 bits per heavy atom. The molecular formula is C6H6Cl2O7. The van der Waals surface area contributed by atoms with Crippen LogP contribution in [0.3, 0.4) is 0 Å². The molecule has 0 aromatic rings. The third kappa shape index (κ3) is 4.32. The molecule has 86 valence electrons. The summed E-state index contributed by atoms with van der Waals surface area (Å²) in [5.74, 6) is -4.20. The first-order chi connectivity index (χ1) is 6.85. The van der Waals surface area contributed by atoms with Gasteiger partial charge in [-0.1, -0.05) is 0 Å². The first-order valence-corrected chi connectivity index (χ1v) is 4.06. The van der Waals surface area contributed by atoms with Gasteiger partial charge in [0.05, 0.1) is 12.8 Å². The van der Waals surface area contributed by atoms with Gasteiger partial charge in [0.15, 0.2) is 5.60 Å². The standard InChI is InChI=1S/C6H6Cl2O7/c7-14-4(11)2-6(13,1-3(9)10)5(12)15-8/h13H,1-2H2,(H,9,10). The lowest BCUT2D eigenvalue weighted by Crippen LogP contribution is -2.43. The smallest absolute Gasteiger partial charge is 0.357 e. The Bertz CT molecular complexity index is 279. The Morgan fingerprint density at radius 3 is 2.00 bits per heavy atom. The molecule has 2 N–H and O–H groups in total. The summed E-state index contributed by atoms with van der Waals surface area (Å²) in [5.41, 5.74) is -2.60. The first kappa shape index (κ1) is 13.9. The van der Waals surface area contributed by atoms with Crippen molar-refractivity contribution in [3.63, 3.8) is 0 Å². The van der Waals surface area contributed by atoms with Crippen molar-refractivity contribution in [2.75, 3.05) is 0 Å². The van der Waals surface area contributed by atoms with Crippen molar-refractivity contribution in [2.45, 2.75) is 18.4 Å². The lowest BCUT2D eigenvalue weighted by Gasteiger charge is -2.19. The number of halogens is 2. The van der Waals surface area contributed by atoms with Gasteiger partial charge in [-0.25, -0.2) is 4.79 Å². The zero-order chi connectivity index (χ0) is 12.1. The quantitative estimate of drug-likeness (QED) is 0.715. The lowest BCUT2D eigenvalue weighted by molar-refractivity contribution is -0.167. The van der Waals surface area contributed by atoms with Crippen molar-refractivity contribution in [3.05, 3.63) is 0 Å². The highest BCUT2D eigenvalue weighted by Gasteiger charge is 2.43. The zero-order valence-corrected chi connectivity index (χ0v) is 8.62. The Kier molecular flexibility index (Phi) is 5.34. The van der Waals surface area contributed by atoms with Crippen LogP contribution in [0.25, 0.3) is 0 Å². The molecule has 0 rings (SSSR count). The molecule has 0 fully saturated rings. The van der Waals surface area contributed by atoms with Crippen LogP contribution in [0.2, 0.25) is 0 Å². The van der Waals surface area contributed by atoms with Crippen molar-refractivity contribution >= 4 is 41.6 Å². The molecule has 0 spiro atoms. The lowest BCUT2D eigenvalue weighted by atomic mass is 9.96.